The molecule has 0 heterocycles. The molecule has 6 nitrogen and oxygen atoms in total. The van der Waals surface area contributed by atoms with E-state index < -0.39 is 0 Å². The molecule has 1 aliphatic rings. The van der Waals surface area contributed by atoms with Crippen LogP contribution in [0.3, 0.4) is 0 Å². The second-order valence-electron chi connectivity index (χ2n) is 7.93. The Hall–Kier alpha value is -1.13. The highest BCUT2D eigenvalue weighted by Gasteiger charge is 2.22. The molecular formula is C22H38FIN4O2. The zero-order chi connectivity index (χ0) is 21.2. The highest BCUT2D eigenvalue weighted by atomic mass is 127. The van der Waals surface area contributed by atoms with E-state index in [2.05, 4.69) is 34.6 Å². The number of aliphatic imine (C=N–C) groups is 1. The molecule has 1 saturated carbocycles. The first-order valence-corrected chi connectivity index (χ1v) is 10.6. The molecule has 0 radical (unpaired) electrons. The highest BCUT2D eigenvalue weighted by Crippen LogP contribution is 2.30. The third kappa shape index (κ3) is 9.78. The number of hydrogen-bond donors (Lipinski definition) is 2. The molecule has 0 spiro atoms. The van der Waals surface area contributed by atoms with Gasteiger partial charge in [-0.3, -0.25) is 4.99 Å². The molecule has 172 valence electrons. The largest absolute Gasteiger partial charge is 0.490 e. The van der Waals surface area contributed by atoms with Gasteiger partial charge in [-0.1, -0.05) is 6.07 Å². The van der Waals surface area contributed by atoms with Crippen LogP contribution in [0.2, 0.25) is 0 Å². The van der Waals surface area contributed by atoms with Gasteiger partial charge in [0.2, 0.25) is 0 Å². The van der Waals surface area contributed by atoms with Crippen molar-refractivity contribution in [3.05, 3.63) is 29.6 Å². The second-order valence-corrected chi connectivity index (χ2v) is 7.93. The minimum absolute atomic E-state index is 0. The van der Waals surface area contributed by atoms with Crippen LogP contribution in [0.5, 0.6) is 5.75 Å². The van der Waals surface area contributed by atoms with Crippen molar-refractivity contribution in [2.75, 3.05) is 47.4 Å². The van der Waals surface area contributed by atoms with Crippen LogP contribution in [0.4, 0.5) is 4.39 Å². The monoisotopic (exact) mass is 536 g/mol. The Morgan fingerprint density at radius 2 is 2.07 bits per heavy atom. The number of hydrogen-bond acceptors (Lipinski definition) is 4. The molecular weight excluding hydrogens is 498 g/mol. The van der Waals surface area contributed by atoms with E-state index in [0.717, 1.165) is 18.5 Å². The van der Waals surface area contributed by atoms with E-state index >= 15 is 0 Å². The van der Waals surface area contributed by atoms with Gasteiger partial charge in [-0.15, -0.1) is 24.0 Å². The summed E-state index contributed by atoms with van der Waals surface area (Å²) in [5.41, 5.74) is 0.846. The number of rotatable bonds is 12. The molecule has 8 heteroatoms. The Morgan fingerprint density at radius 3 is 2.63 bits per heavy atom. The predicted octanol–water partition coefficient (Wildman–Crippen LogP) is 3.82. The SMILES string of the molecule is CCOC(CCN(C)C)CNC(=NC)NC(C)c1ccc(OCC2CC2)c(F)c1.I. The van der Waals surface area contributed by atoms with E-state index in [1.807, 2.05) is 19.9 Å². The summed E-state index contributed by atoms with van der Waals surface area (Å²) in [5, 5.41) is 6.64. The number of guanidine groups is 1. The lowest BCUT2D eigenvalue weighted by Crippen LogP contribution is -2.43. The summed E-state index contributed by atoms with van der Waals surface area (Å²) < 4.78 is 25.8. The van der Waals surface area contributed by atoms with Gasteiger partial charge in [0.15, 0.2) is 17.5 Å². The first-order valence-electron chi connectivity index (χ1n) is 10.6. The molecule has 1 aromatic carbocycles. The fourth-order valence-electron chi connectivity index (χ4n) is 2.97. The summed E-state index contributed by atoms with van der Waals surface area (Å²) in [5.74, 6) is 1.28. The first-order chi connectivity index (χ1) is 13.9. The smallest absolute Gasteiger partial charge is 0.191 e. The van der Waals surface area contributed by atoms with Crippen molar-refractivity contribution >= 4 is 29.9 Å². The van der Waals surface area contributed by atoms with Crippen molar-refractivity contribution in [2.24, 2.45) is 10.9 Å². The van der Waals surface area contributed by atoms with Gasteiger partial charge in [0.25, 0.3) is 0 Å². The van der Waals surface area contributed by atoms with Crippen molar-refractivity contribution < 1.29 is 13.9 Å². The Labute approximate surface area is 198 Å². The third-order valence-corrected chi connectivity index (χ3v) is 5.00. The van der Waals surface area contributed by atoms with Gasteiger partial charge in [0.1, 0.15) is 0 Å². The minimum atomic E-state index is -0.320. The summed E-state index contributed by atoms with van der Waals surface area (Å²) in [4.78, 5) is 6.43. The van der Waals surface area contributed by atoms with E-state index in [-0.39, 0.29) is 41.9 Å². The number of nitrogens with zero attached hydrogens (tertiary/aromatic N) is 2. The molecule has 0 aromatic heterocycles. The van der Waals surface area contributed by atoms with Gasteiger partial charge in [0.05, 0.1) is 18.8 Å². The van der Waals surface area contributed by atoms with Gasteiger partial charge in [-0.25, -0.2) is 4.39 Å². The molecule has 2 atom stereocenters. The van der Waals surface area contributed by atoms with Crippen LogP contribution in [0.25, 0.3) is 0 Å². The average molecular weight is 536 g/mol. The standard InChI is InChI=1S/C22H37FN4O2.HI/c1-6-28-19(11-12-27(4)5)14-25-22(24-3)26-16(2)18-9-10-21(20(23)13-18)29-15-17-7-8-17;/h9-10,13,16-17,19H,6-8,11-12,14-15H2,1-5H3,(H2,24,25,26);1H. The van der Waals surface area contributed by atoms with Crippen LogP contribution in [-0.4, -0.2) is 64.4 Å². The lowest BCUT2D eigenvalue weighted by molar-refractivity contribution is 0.0548. The summed E-state index contributed by atoms with van der Waals surface area (Å²) in [6.07, 6.45) is 3.42. The van der Waals surface area contributed by atoms with E-state index in [4.69, 9.17) is 9.47 Å². The van der Waals surface area contributed by atoms with E-state index in [1.54, 1.807) is 13.1 Å². The fourth-order valence-corrected chi connectivity index (χ4v) is 2.97. The van der Waals surface area contributed by atoms with Crippen molar-refractivity contribution in [1.29, 1.82) is 0 Å². The lowest BCUT2D eigenvalue weighted by Gasteiger charge is -2.23. The summed E-state index contributed by atoms with van der Waals surface area (Å²) in [6, 6.07) is 5.05. The predicted molar refractivity (Wildman–Crippen MR) is 132 cm³/mol. The van der Waals surface area contributed by atoms with Gasteiger partial charge in [-0.05, 0) is 70.8 Å². The van der Waals surface area contributed by atoms with Crippen molar-refractivity contribution in [2.45, 2.75) is 45.3 Å². The maximum absolute atomic E-state index is 14.4. The number of nitrogens with one attached hydrogen (secondary N) is 2. The quantitative estimate of drug-likeness (QED) is 0.242. The Balaban J connectivity index is 0.00000450. The molecule has 2 rings (SSSR count). The van der Waals surface area contributed by atoms with Crippen LogP contribution in [-0.2, 0) is 4.74 Å². The van der Waals surface area contributed by atoms with E-state index in [9.17, 15) is 4.39 Å². The topological polar surface area (TPSA) is 58.1 Å². The average Bonchev–Trinajstić information content (AvgIpc) is 3.52. The normalized spacial score (nSPS) is 16.0. The molecule has 0 bridgehead atoms. The lowest BCUT2D eigenvalue weighted by atomic mass is 10.1. The van der Waals surface area contributed by atoms with Gasteiger partial charge in [-0.2, -0.15) is 0 Å². The van der Waals surface area contributed by atoms with Gasteiger partial charge in [0, 0.05) is 26.7 Å². The summed E-state index contributed by atoms with van der Waals surface area (Å²) >= 11 is 0. The van der Waals surface area contributed by atoms with E-state index in [0.29, 0.717) is 37.4 Å². The van der Waals surface area contributed by atoms with Crippen molar-refractivity contribution in [3.8, 4) is 5.75 Å². The van der Waals surface area contributed by atoms with Crippen LogP contribution in [0.15, 0.2) is 23.2 Å². The first kappa shape index (κ1) is 26.9. The molecule has 30 heavy (non-hydrogen) atoms. The number of halogens is 2. The Morgan fingerprint density at radius 1 is 1.33 bits per heavy atom. The molecule has 0 saturated heterocycles. The van der Waals surface area contributed by atoms with E-state index in [1.165, 1.54) is 18.9 Å². The molecule has 0 aliphatic heterocycles. The molecule has 1 aromatic rings. The molecule has 1 fully saturated rings. The second kappa shape index (κ2) is 14.0. The summed E-state index contributed by atoms with van der Waals surface area (Å²) in [7, 11) is 5.84. The molecule has 1 aliphatic carbocycles. The Bertz CT molecular complexity index is 656. The highest BCUT2D eigenvalue weighted by molar-refractivity contribution is 14.0. The van der Waals surface area contributed by atoms with Gasteiger partial charge >= 0.3 is 0 Å². The van der Waals surface area contributed by atoms with Crippen LogP contribution < -0.4 is 15.4 Å². The van der Waals surface area contributed by atoms with Gasteiger partial charge < -0.3 is 25.0 Å². The Kier molecular flexibility index (Phi) is 12.6. The maximum Gasteiger partial charge on any atom is 0.191 e. The molecule has 2 unspecified atom stereocenters. The number of ether oxygens (including phenoxy) is 2. The van der Waals surface area contributed by atoms with Crippen LogP contribution >= 0.6 is 24.0 Å². The van der Waals surface area contributed by atoms with Crippen LogP contribution in [0, 0.1) is 11.7 Å². The third-order valence-electron chi connectivity index (χ3n) is 5.00. The minimum Gasteiger partial charge on any atom is -0.490 e. The summed E-state index contributed by atoms with van der Waals surface area (Å²) in [6.45, 7) is 6.90. The zero-order valence-corrected chi connectivity index (χ0v) is 21.2. The van der Waals surface area contributed by atoms with Crippen molar-refractivity contribution in [1.82, 2.24) is 15.5 Å². The maximum atomic E-state index is 14.4. The molecule has 2 N–H and O–H groups in total. The van der Waals surface area contributed by atoms with Crippen LogP contribution in [0.1, 0.15) is 44.7 Å². The molecule has 0 amide bonds. The number of benzene rings is 1. The fraction of sp³-hybridized carbons (Fsp3) is 0.682. The zero-order valence-electron chi connectivity index (χ0n) is 18.9. The van der Waals surface area contributed by atoms with Crippen molar-refractivity contribution in [3.63, 3.8) is 0 Å².